The third kappa shape index (κ3) is 3.49. The molecular formula is C14H24N2S2. The fourth-order valence-electron chi connectivity index (χ4n) is 2.89. The van der Waals surface area contributed by atoms with E-state index in [1.807, 2.05) is 23.1 Å². The number of nitrogens with one attached hydrogen (secondary N) is 1. The standard InChI is InChI=1S/C14H24N2S2/c1-9(14-10(2)18-11(3)16-14)15-12-6-5-7-13(8-12)17-4/h9,12-13,15H,5-8H2,1-4H3. The van der Waals surface area contributed by atoms with Crippen LogP contribution in [0, 0.1) is 13.8 Å². The van der Waals surface area contributed by atoms with E-state index in [-0.39, 0.29) is 0 Å². The van der Waals surface area contributed by atoms with Crippen LogP contribution in [-0.4, -0.2) is 22.5 Å². The van der Waals surface area contributed by atoms with Crippen molar-refractivity contribution in [3.63, 3.8) is 0 Å². The Morgan fingerprint density at radius 2 is 2.17 bits per heavy atom. The van der Waals surface area contributed by atoms with Crippen LogP contribution in [0.1, 0.15) is 54.2 Å². The molecular weight excluding hydrogens is 260 g/mol. The molecule has 0 amide bonds. The van der Waals surface area contributed by atoms with Crippen LogP contribution in [0.25, 0.3) is 0 Å². The number of thioether (sulfide) groups is 1. The molecule has 18 heavy (non-hydrogen) atoms. The molecule has 1 heterocycles. The predicted octanol–water partition coefficient (Wildman–Crippen LogP) is 4.08. The Morgan fingerprint density at radius 1 is 1.39 bits per heavy atom. The number of hydrogen-bond acceptors (Lipinski definition) is 4. The third-order valence-corrected chi connectivity index (χ3v) is 5.79. The molecule has 1 N–H and O–H groups in total. The van der Waals surface area contributed by atoms with Crippen molar-refractivity contribution in [1.82, 2.24) is 10.3 Å². The quantitative estimate of drug-likeness (QED) is 0.901. The molecule has 0 aromatic carbocycles. The van der Waals surface area contributed by atoms with Crippen LogP contribution >= 0.6 is 23.1 Å². The van der Waals surface area contributed by atoms with Gasteiger partial charge in [-0.3, -0.25) is 0 Å². The molecule has 1 fully saturated rings. The highest BCUT2D eigenvalue weighted by molar-refractivity contribution is 7.99. The maximum absolute atomic E-state index is 4.67. The van der Waals surface area contributed by atoms with Crippen LogP contribution in [0.2, 0.25) is 0 Å². The molecule has 4 heteroatoms. The Morgan fingerprint density at radius 3 is 2.78 bits per heavy atom. The van der Waals surface area contributed by atoms with E-state index in [2.05, 4.69) is 37.3 Å². The molecule has 0 saturated heterocycles. The van der Waals surface area contributed by atoms with E-state index in [0.717, 1.165) is 5.25 Å². The zero-order valence-corrected chi connectivity index (χ0v) is 13.5. The summed E-state index contributed by atoms with van der Waals surface area (Å²) in [7, 11) is 0. The summed E-state index contributed by atoms with van der Waals surface area (Å²) < 4.78 is 0. The molecule has 3 unspecified atom stereocenters. The highest BCUT2D eigenvalue weighted by Crippen LogP contribution is 2.29. The smallest absolute Gasteiger partial charge is 0.0900 e. The van der Waals surface area contributed by atoms with Crippen LogP contribution in [0.5, 0.6) is 0 Å². The lowest BCUT2D eigenvalue weighted by molar-refractivity contribution is 0.350. The van der Waals surface area contributed by atoms with E-state index in [0.29, 0.717) is 12.1 Å². The fourth-order valence-corrected chi connectivity index (χ4v) is 4.63. The second-order valence-corrected chi connectivity index (χ2v) is 7.83. The lowest BCUT2D eigenvalue weighted by atomic mass is 9.94. The van der Waals surface area contributed by atoms with E-state index in [9.17, 15) is 0 Å². The molecule has 102 valence electrons. The lowest BCUT2D eigenvalue weighted by Gasteiger charge is -2.30. The number of thiazole rings is 1. The average molecular weight is 284 g/mol. The Balaban J connectivity index is 1.94. The zero-order valence-electron chi connectivity index (χ0n) is 11.8. The molecule has 0 spiro atoms. The second kappa shape index (κ2) is 6.40. The normalized spacial score (nSPS) is 26.2. The second-order valence-electron chi connectivity index (χ2n) is 5.28. The number of nitrogens with zero attached hydrogens (tertiary/aromatic N) is 1. The van der Waals surface area contributed by atoms with Gasteiger partial charge in [-0.05, 0) is 46.3 Å². The first-order valence-corrected chi connectivity index (χ1v) is 8.93. The minimum absolute atomic E-state index is 0.389. The van der Waals surface area contributed by atoms with Crippen molar-refractivity contribution < 1.29 is 0 Å². The molecule has 1 saturated carbocycles. The van der Waals surface area contributed by atoms with Gasteiger partial charge in [0.15, 0.2) is 0 Å². The van der Waals surface area contributed by atoms with E-state index in [1.54, 1.807) is 0 Å². The van der Waals surface area contributed by atoms with Crippen molar-refractivity contribution in [2.75, 3.05) is 6.26 Å². The van der Waals surface area contributed by atoms with Crippen LogP contribution in [-0.2, 0) is 0 Å². The van der Waals surface area contributed by atoms with Crippen molar-refractivity contribution in [1.29, 1.82) is 0 Å². The van der Waals surface area contributed by atoms with Crippen LogP contribution in [0.3, 0.4) is 0 Å². The van der Waals surface area contributed by atoms with Gasteiger partial charge in [0.05, 0.1) is 10.7 Å². The third-order valence-electron chi connectivity index (χ3n) is 3.79. The van der Waals surface area contributed by atoms with E-state index in [4.69, 9.17) is 0 Å². The van der Waals surface area contributed by atoms with Gasteiger partial charge < -0.3 is 5.32 Å². The van der Waals surface area contributed by atoms with Crippen LogP contribution < -0.4 is 5.32 Å². The molecule has 0 bridgehead atoms. The van der Waals surface area contributed by atoms with Gasteiger partial charge in [-0.1, -0.05) is 6.42 Å². The molecule has 2 nitrogen and oxygen atoms in total. The van der Waals surface area contributed by atoms with Crippen LogP contribution in [0.4, 0.5) is 0 Å². The van der Waals surface area contributed by atoms with Gasteiger partial charge in [0.2, 0.25) is 0 Å². The summed E-state index contributed by atoms with van der Waals surface area (Å²) in [5.41, 5.74) is 1.25. The fraction of sp³-hybridized carbons (Fsp3) is 0.786. The Bertz CT molecular complexity index is 389. The average Bonchev–Trinajstić information content (AvgIpc) is 2.69. The summed E-state index contributed by atoms with van der Waals surface area (Å²) in [6, 6.07) is 1.06. The number of hydrogen-bond donors (Lipinski definition) is 1. The van der Waals surface area contributed by atoms with Crippen molar-refractivity contribution >= 4 is 23.1 Å². The first kappa shape index (κ1) is 14.4. The Labute approximate surface area is 119 Å². The van der Waals surface area contributed by atoms with Gasteiger partial charge >= 0.3 is 0 Å². The predicted molar refractivity (Wildman–Crippen MR) is 82.7 cm³/mol. The SMILES string of the molecule is CSC1CCCC(NC(C)c2nc(C)sc2C)C1. The molecule has 1 aliphatic carbocycles. The molecule has 0 radical (unpaired) electrons. The van der Waals surface area contributed by atoms with Gasteiger partial charge in [-0.2, -0.15) is 11.8 Å². The first-order chi connectivity index (χ1) is 8.60. The monoisotopic (exact) mass is 284 g/mol. The summed E-state index contributed by atoms with van der Waals surface area (Å²) in [5.74, 6) is 0. The number of rotatable bonds is 4. The van der Waals surface area contributed by atoms with Gasteiger partial charge in [0.1, 0.15) is 0 Å². The highest BCUT2D eigenvalue weighted by Gasteiger charge is 2.23. The largest absolute Gasteiger partial charge is 0.306 e. The lowest BCUT2D eigenvalue weighted by Crippen LogP contribution is -2.37. The van der Waals surface area contributed by atoms with E-state index in [1.165, 1.54) is 41.3 Å². The van der Waals surface area contributed by atoms with Gasteiger partial charge in [-0.25, -0.2) is 4.98 Å². The summed E-state index contributed by atoms with van der Waals surface area (Å²) in [5, 5.41) is 5.82. The molecule has 1 aromatic heterocycles. The van der Waals surface area contributed by atoms with Crippen molar-refractivity contribution in [2.24, 2.45) is 0 Å². The summed E-state index contributed by atoms with van der Waals surface area (Å²) in [6.07, 6.45) is 7.63. The number of aromatic nitrogens is 1. The first-order valence-electron chi connectivity index (χ1n) is 6.83. The van der Waals surface area contributed by atoms with Gasteiger partial charge in [0, 0.05) is 22.2 Å². The summed E-state index contributed by atoms with van der Waals surface area (Å²) >= 11 is 3.84. The maximum Gasteiger partial charge on any atom is 0.0900 e. The van der Waals surface area contributed by atoms with Crippen LogP contribution in [0.15, 0.2) is 0 Å². The van der Waals surface area contributed by atoms with Gasteiger partial charge in [-0.15, -0.1) is 11.3 Å². The zero-order chi connectivity index (χ0) is 13.1. The molecule has 1 aliphatic rings. The highest BCUT2D eigenvalue weighted by atomic mass is 32.2. The van der Waals surface area contributed by atoms with E-state index < -0.39 is 0 Å². The Hall–Kier alpha value is -0.0600. The topological polar surface area (TPSA) is 24.9 Å². The Kier molecular flexibility index (Phi) is 5.10. The number of aryl methyl sites for hydroxylation is 2. The van der Waals surface area contributed by atoms with Crippen molar-refractivity contribution in [3.05, 3.63) is 15.6 Å². The van der Waals surface area contributed by atoms with E-state index >= 15 is 0 Å². The minimum atomic E-state index is 0.389. The summed E-state index contributed by atoms with van der Waals surface area (Å²) in [6.45, 7) is 6.53. The van der Waals surface area contributed by atoms with Crippen molar-refractivity contribution in [2.45, 2.75) is 63.8 Å². The molecule has 3 atom stereocenters. The summed E-state index contributed by atoms with van der Waals surface area (Å²) in [4.78, 5) is 6.03. The van der Waals surface area contributed by atoms with Crippen molar-refractivity contribution in [3.8, 4) is 0 Å². The van der Waals surface area contributed by atoms with Gasteiger partial charge in [0.25, 0.3) is 0 Å². The molecule has 1 aromatic rings. The maximum atomic E-state index is 4.67. The molecule has 2 rings (SSSR count). The molecule has 0 aliphatic heterocycles. The minimum Gasteiger partial charge on any atom is -0.306 e.